The summed E-state index contributed by atoms with van der Waals surface area (Å²) in [5, 5.41) is 10.9. The molecule has 5 nitrogen and oxygen atoms in total. The molecule has 3 atom stereocenters. The maximum absolute atomic E-state index is 11.7. The predicted octanol–water partition coefficient (Wildman–Crippen LogP) is 0.164. The molecule has 0 radical (unpaired) electrons. The Morgan fingerprint density at radius 3 is 2.69 bits per heavy atom. The van der Waals surface area contributed by atoms with Crippen LogP contribution in [-0.2, 0) is 9.59 Å². The number of primary amides is 1. The molecular formula is C11H17N3O2. The Balaban J connectivity index is 2.66. The molecule has 88 valence electrons. The smallest absolute Gasteiger partial charge is 0.224 e. The van der Waals surface area contributed by atoms with Gasteiger partial charge in [0.15, 0.2) is 0 Å². The molecule has 0 bridgehead atoms. The van der Waals surface area contributed by atoms with Crippen molar-refractivity contribution in [3.63, 3.8) is 0 Å². The van der Waals surface area contributed by atoms with Crippen LogP contribution >= 0.6 is 0 Å². The Bertz CT molecular complexity index is 322. The molecule has 0 aliphatic heterocycles. The van der Waals surface area contributed by atoms with Crippen LogP contribution in [0.15, 0.2) is 0 Å². The number of nitrogens with one attached hydrogen (secondary N) is 1. The molecule has 1 unspecified atom stereocenters. The Morgan fingerprint density at radius 1 is 1.44 bits per heavy atom. The zero-order valence-corrected chi connectivity index (χ0v) is 9.40. The minimum Gasteiger partial charge on any atom is -0.369 e. The molecule has 1 aliphatic carbocycles. The highest BCUT2D eigenvalue weighted by Crippen LogP contribution is 2.33. The molecule has 16 heavy (non-hydrogen) atoms. The molecule has 1 fully saturated rings. The van der Waals surface area contributed by atoms with Gasteiger partial charge in [-0.25, -0.2) is 0 Å². The number of nitrogens with zero attached hydrogens (tertiary/aromatic N) is 1. The van der Waals surface area contributed by atoms with Crippen molar-refractivity contribution >= 4 is 11.8 Å². The summed E-state index contributed by atoms with van der Waals surface area (Å²) in [5.74, 6) is -0.956. The van der Waals surface area contributed by atoms with Crippen molar-refractivity contribution in [3.8, 4) is 6.07 Å². The second-order valence-electron chi connectivity index (χ2n) is 4.41. The molecule has 3 N–H and O–H groups in total. The molecule has 0 aromatic heterocycles. The third-order valence-corrected chi connectivity index (χ3v) is 3.16. The summed E-state index contributed by atoms with van der Waals surface area (Å²) in [7, 11) is 0. The standard InChI is InChI=1S/C11H17N3O2/c1-7-2-3-8(9(6-7)10(13)15)11(16)14-5-4-12/h7-9H,2-3,5-6H2,1H3,(H2,13,15)(H,14,16)/t7?,8-,9+/m1/s1. The average molecular weight is 223 g/mol. The van der Waals surface area contributed by atoms with Crippen LogP contribution in [0.4, 0.5) is 0 Å². The quantitative estimate of drug-likeness (QED) is 0.667. The van der Waals surface area contributed by atoms with Gasteiger partial charge >= 0.3 is 0 Å². The van der Waals surface area contributed by atoms with E-state index in [1.165, 1.54) is 0 Å². The van der Waals surface area contributed by atoms with Crippen LogP contribution in [0.25, 0.3) is 0 Å². The summed E-state index contributed by atoms with van der Waals surface area (Å²) in [5.41, 5.74) is 5.30. The van der Waals surface area contributed by atoms with Crippen molar-refractivity contribution < 1.29 is 9.59 Å². The van der Waals surface area contributed by atoms with Gasteiger partial charge in [0.2, 0.25) is 11.8 Å². The van der Waals surface area contributed by atoms with Crippen molar-refractivity contribution in [2.75, 3.05) is 6.54 Å². The van der Waals surface area contributed by atoms with E-state index in [1.807, 2.05) is 6.07 Å². The molecular weight excluding hydrogens is 206 g/mol. The van der Waals surface area contributed by atoms with Crippen molar-refractivity contribution in [1.82, 2.24) is 5.32 Å². The van der Waals surface area contributed by atoms with Gasteiger partial charge in [-0.05, 0) is 25.2 Å². The second kappa shape index (κ2) is 5.50. The topological polar surface area (TPSA) is 96.0 Å². The highest BCUT2D eigenvalue weighted by Gasteiger charge is 2.36. The predicted molar refractivity (Wildman–Crippen MR) is 57.8 cm³/mol. The number of nitriles is 1. The zero-order valence-electron chi connectivity index (χ0n) is 9.40. The molecule has 1 rings (SSSR count). The minimum absolute atomic E-state index is 0.0175. The first-order valence-electron chi connectivity index (χ1n) is 5.50. The summed E-state index contributed by atoms with van der Waals surface area (Å²) >= 11 is 0. The Kier molecular flexibility index (Phi) is 4.29. The van der Waals surface area contributed by atoms with Gasteiger partial charge in [-0.3, -0.25) is 9.59 Å². The molecule has 0 saturated heterocycles. The second-order valence-corrected chi connectivity index (χ2v) is 4.41. The monoisotopic (exact) mass is 223 g/mol. The van der Waals surface area contributed by atoms with Crippen molar-refractivity contribution in [3.05, 3.63) is 0 Å². The summed E-state index contributed by atoms with van der Waals surface area (Å²) in [4.78, 5) is 23.0. The van der Waals surface area contributed by atoms with Crippen LogP contribution in [0.1, 0.15) is 26.2 Å². The van der Waals surface area contributed by atoms with E-state index in [9.17, 15) is 9.59 Å². The van der Waals surface area contributed by atoms with E-state index in [-0.39, 0.29) is 24.3 Å². The average Bonchev–Trinajstić information content (AvgIpc) is 2.25. The lowest BCUT2D eigenvalue weighted by molar-refractivity contribution is -0.135. The number of nitrogens with two attached hydrogens (primary N) is 1. The molecule has 1 aliphatic rings. The maximum atomic E-state index is 11.7. The maximum Gasteiger partial charge on any atom is 0.224 e. The fourth-order valence-corrected chi connectivity index (χ4v) is 2.27. The highest BCUT2D eigenvalue weighted by atomic mass is 16.2. The van der Waals surface area contributed by atoms with Crippen LogP contribution in [0, 0.1) is 29.1 Å². The molecule has 0 spiro atoms. The van der Waals surface area contributed by atoms with E-state index in [1.54, 1.807) is 0 Å². The highest BCUT2D eigenvalue weighted by molar-refractivity contribution is 5.87. The molecule has 1 saturated carbocycles. The molecule has 0 aromatic rings. The minimum atomic E-state index is -0.413. The first-order valence-corrected chi connectivity index (χ1v) is 5.50. The summed E-state index contributed by atoms with van der Waals surface area (Å²) in [6, 6.07) is 1.84. The largest absolute Gasteiger partial charge is 0.369 e. The number of amides is 2. The first kappa shape index (κ1) is 12.5. The third-order valence-electron chi connectivity index (χ3n) is 3.16. The van der Waals surface area contributed by atoms with Crippen LogP contribution in [-0.4, -0.2) is 18.4 Å². The van der Waals surface area contributed by atoms with Gasteiger partial charge < -0.3 is 11.1 Å². The fourth-order valence-electron chi connectivity index (χ4n) is 2.27. The zero-order chi connectivity index (χ0) is 12.1. The lowest BCUT2D eigenvalue weighted by Crippen LogP contribution is -2.43. The molecule has 2 amide bonds. The number of carbonyl (C=O) groups excluding carboxylic acids is 2. The lowest BCUT2D eigenvalue weighted by Gasteiger charge is -2.31. The number of hydrogen-bond acceptors (Lipinski definition) is 3. The Morgan fingerprint density at radius 2 is 2.12 bits per heavy atom. The molecule has 0 aromatic carbocycles. The van der Waals surface area contributed by atoms with Gasteiger partial charge in [0.25, 0.3) is 0 Å². The van der Waals surface area contributed by atoms with E-state index >= 15 is 0 Å². The van der Waals surface area contributed by atoms with E-state index in [4.69, 9.17) is 11.0 Å². The molecule has 5 heteroatoms. The van der Waals surface area contributed by atoms with Crippen LogP contribution in [0.5, 0.6) is 0 Å². The van der Waals surface area contributed by atoms with Gasteiger partial charge in [-0.1, -0.05) is 6.92 Å². The van der Waals surface area contributed by atoms with Gasteiger partial charge in [0.05, 0.1) is 6.07 Å². The molecule has 0 heterocycles. The van der Waals surface area contributed by atoms with Gasteiger partial charge in [0.1, 0.15) is 6.54 Å². The summed E-state index contributed by atoms with van der Waals surface area (Å²) in [6.07, 6.45) is 2.26. The van der Waals surface area contributed by atoms with Crippen LogP contribution < -0.4 is 11.1 Å². The SMILES string of the molecule is CC1CC[C@@H](C(=O)NCC#N)[C@@H](C(N)=O)C1. The van der Waals surface area contributed by atoms with Crippen molar-refractivity contribution in [2.45, 2.75) is 26.2 Å². The van der Waals surface area contributed by atoms with Crippen molar-refractivity contribution in [2.24, 2.45) is 23.5 Å². The normalized spacial score (nSPS) is 29.1. The summed E-state index contributed by atoms with van der Waals surface area (Å²) in [6.45, 7) is 2.04. The number of hydrogen-bond donors (Lipinski definition) is 2. The lowest BCUT2D eigenvalue weighted by atomic mass is 9.74. The van der Waals surface area contributed by atoms with Gasteiger partial charge in [0, 0.05) is 11.8 Å². The Labute approximate surface area is 95.0 Å². The van der Waals surface area contributed by atoms with Crippen LogP contribution in [0.3, 0.4) is 0 Å². The van der Waals surface area contributed by atoms with E-state index in [2.05, 4.69) is 12.2 Å². The van der Waals surface area contributed by atoms with Crippen molar-refractivity contribution in [1.29, 1.82) is 5.26 Å². The number of rotatable bonds is 3. The fraction of sp³-hybridized carbons (Fsp3) is 0.727. The van der Waals surface area contributed by atoms with Gasteiger partial charge in [-0.2, -0.15) is 5.26 Å². The summed E-state index contributed by atoms with van der Waals surface area (Å²) < 4.78 is 0. The van der Waals surface area contributed by atoms with Crippen LogP contribution in [0.2, 0.25) is 0 Å². The van der Waals surface area contributed by atoms with E-state index < -0.39 is 5.91 Å². The first-order chi connectivity index (χ1) is 7.56. The number of carbonyl (C=O) groups is 2. The van der Waals surface area contributed by atoms with E-state index in [0.29, 0.717) is 18.8 Å². The van der Waals surface area contributed by atoms with Gasteiger partial charge in [-0.15, -0.1) is 0 Å². The Hall–Kier alpha value is -1.57. The third kappa shape index (κ3) is 2.96. The van der Waals surface area contributed by atoms with E-state index in [0.717, 1.165) is 6.42 Å².